The van der Waals surface area contributed by atoms with Crippen LogP contribution in [0.1, 0.15) is 23.6 Å². The molecule has 1 heterocycles. The molecular weight excluding hydrogens is 343 g/mol. The van der Waals surface area contributed by atoms with Gasteiger partial charge in [0.25, 0.3) is 0 Å². The number of benzene rings is 2. The minimum absolute atomic E-state index is 0.0243. The Morgan fingerprint density at radius 2 is 1.85 bits per heavy atom. The third-order valence-corrected chi connectivity index (χ3v) is 4.29. The van der Waals surface area contributed by atoms with Gasteiger partial charge in [-0.1, -0.05) is 31.2 Å². The number of alkyl halides is 3. The number of aromatic hydroxyl groups is 1. The molecule has 1 atom stereocenters. The Balaban J connectivity index is 1.74. The summed E-state index contributed by atoms with van der Waals surface area (Å²) in [5, 5.41) is 24.2. The SMILES string of the molecule is CC1CN(C(=N)Cc2ccc(C(F)(F)F)cc2)N=C1c1ccccc1O. The van der Waals surface area contributed by atoms with Crippen LogP contribution in [0.2, 0.25) is 0 Å². The lowest BCUT2D eigenvalue weighted by Crippen LogP contribution is -2.26. The number of amidine groups is 1. The molecule has 7 heteroatoms. The first-order chi connectivity index (χ1) is 12.3. The quantitative estimate of drug-likeness (QED) is 0.633. The van der Waals surface area contributed by atoms with Crippen LogP contribution in [0, 0.1) is 11.3 Å². The average molecular weight is 361 g/mol. The van der Waals surface area contributed by atoms with Gasteiger partial charge in [0.1, 0.15) is 11.6 Å². The van der Waals surface area contributed by atoms with E-state index in [0.717, 1.165) is 12.1 Å². The van der Waals surface area contributed by atoms with Crippen LogP contribution >= 0.6 is 0 Å². The summed E-state index contributed by atoms with van der Waals surface area (Å²) < 4.78 is 37.9. The summed E-state index contributed by atoms with van der Waals surface area (Å²) >= 11 is 0. The van der Waals surface area contributed by atoms with Gasteiger partial charge in [-0.05, 0) is 29.8 Å². The molecule has 0 bridgehead atoms. The molecule has 0 fully saturated rings. The standard InChI is InChI=1S/C19H18F3N3O/c1-12-11-25(24-18(12)15-4-2-3-5-16(15)26)17(23)10-13-6-8-14(9-7-13)19(20,21)22/h2-9,12,23,26H,10-11H2,1H3. The Morgan fingerprint density at radius 1 is 1.19 bits per heavy atom. The molecule has 2 aromatic carbocycles. The van der Waals surface area contributed by atoms with Crippen molar-refractivity contribution >= 4 is 11.5 Å². The van der Waals surface area contributed by atoms with E-state index >= 15 is 0 Å². The number of nitrogens with zero attached hydrogens (tertiary/aromatic N) is 2. The molecule has 3 rings (SSSR count). The Morgan fingerprint density at radius 3 is 2.46 bits per heavy atom. The molecule has 1 aliphatic heterocycles. The molecule has 0 aliphatic carbocycles. The predicted molar refractivity (Wildman–Crippen MR) is 93.4 cm³/mol. The number of para-hydroxylation sites is 1. The number of hydrogen-bond donors (Lipinski definition) is 2. The number of nitrogens with one attached hydrogen (secondary N) is 1. The van der Waals surface area contributed by atoms with Crippen molar-refractivity contribution in [3.05, 3.63) is 65.2 Å². The Hall–Kier alpha value is -2.83. The van der Waals surface area contributed by atoms with Crippen molar-refractivity contribution in [3.8, 4) is 5.75 Å². The van der Waals surface area contributed by atoms with Crippen molar-refractivity contribution in [3.63, 3.8) is 0 Å². The van der Waals surface area contributed by atoms with Gasteiger partial charge in [-0.25, -0.2) is 0 Å². The van der Waals surface area contributed by atoms with Gasteiger partial charge in [0.2, 0.25) is 0 Å². The van der Waals surface area contributed by atoms with Gasteiger partial charge < -0.3 is 5.11 Å². The average Bonchev–Trinajstić information content (AvgIpc) is 2.97. The zero-order valence-electron chi connectivity index (χ0n) is 14.1. The highest BCUT2D eigenvalue weighted by Gasteiger charge is 2.30. The monoisotopic (exact) mass is 361 g/mol. The normalized spacial score (nSPS) is 17.3. The van der Waals surface area contributed by atoms with Crippen molar-refractivity contribution in [2.75, 3.05) is 6.54 Å². The van der Waals surface area contributed by atoms with Crippen LogP contribution in [0.5, 0.6) is 5.75 Å². The number of hydrogen-bond acceptors (Lipinski definition) is 3. The van der Waals surface area contributed by atoms with E-state index in [1.54, 1.807) is 24.3 Å². The van der Waals surface area contributed by atoms with Gasteiger partial charge in [0.05, 0.1) is 17.8 Å². The molecule has 4 nitrogen and oxygen atoms in total. The van der Waals surface area contributed by atoms with Gasteiger partial charge in [-0.3, -0.25) is 10.4 Å². The molecule has 26 heavy (non-hydrogen) atoms. The minimum atomic E-state index is -4.37. The first kappa shape index (κ1) is 18.0. The van der Waals surface area contributed by atoms with Gasteiger partial charge >= 0.3 is 6.18 Å². The smallest absolute Gasteiger partial charge is 0.416 e. The van der Waals surface area contributed by atoms with E-state index < -0.39 is 11.7 Å². The van der Waals surface area contributed by atoms with Gasteiger partial charge in [0, 0.05) is 17.9 Å². The van der Waals surface area contributed by atoms with Crippen molar-refractivity contribution in [1.82, 2.24) is 5.01 Å². The van der Waals surface area contributed by atoms with Crippen LogP contribution < -0.4 is 0 Å². The summed E-state index contributed by atoms with van der Waals surface area (Å²) in [7, 11) is 0. The van der Waals surface area contributed by atoms with Crippen LogP contribution in [-0.4, -0.2) is 28.2 Å². The largest absolute Gasteiger partial charge is 0.507 e. The molecule has 2 aromatic rings. The maximum Gasteiger partial charge on any atom is 0.416 e. The number of phenolic OH excluding ortho intramolecular Hbond substituents is 1. The van der Waals surface area contributed by atoms with Crippen molar-refractivity contribution in [2.45, 2.75) is 19.5 Å². The number of phenols is 1. The van der Waals surface area contributed by atoms with E-state index in [9.17, 15) is 18.3 Å². The van der Waals surface area contributed by atoms with E-state index in [4.69, 9.17) is 5.41 Å². The second-order valence-corrected chi connectivity index (χ2v) is 6.30. The number of rotatable bonds is 3. The summed E-state index contributed by atoms with van der Waals surface area (Å²) in [6.07, 6.45) is -4.18. The van der Waals surface area contributed by atoms with E-state index in [1.807, 2.05) is 6.92 Å². The van der Waals surface area contributed by atoms with Crippen LogP contribution in [0.4, 0.5) is 13.2 Å². The summed E-state index contributed by atoms with van der Waals surface area (Å²) in [4.78, 5) is 0. The molecule has 0 spiro atoms. The second kappa shape index (κ2) is 6.82. The zero-order chi connectivity index (χ0) is 18.9. The van der Waals surface area contributed by atoms with Crippen LogP contribution in [-0.2, 0) is 12.6 Å². The lowest BCUT2D eigenvalue weighted by atomic mass is 9.98. The summed E-state index contributed by atoms with van der Waals surface area (Å²) in [6, 6.07) is 11.7. The lowest BCUT2D eigenvalue weighted by Gasteiger charge is -2.16. The van der Waals surface area contributed by atoms with E-state index in [0.29, 0.717) is 23.4 Å². The fourth-order valence-corrected chi connectivity index (χ4v) is 2.89. The predicted octanol–water partition coefficient (Wildman–Crippen LogP) is 4.29. The molecule has 1 aliphatic rings. The zero-order valence-corrected chi connectivity index (χ0v) is 14.1. The molecule has 1 unspecified atom stereocenters. The molecule has 0 amide bonds. The fraction of sp³-hybridized carbons (Fsp3) is 0.263. The molecule has 0 saturated carbocycles. The Kier molecular flexibility index (Phi) is 4.71. The molecule has 0 radical (unpaired) electrons. The number of halogens is 3. The van der Waals surface area contributed by atoms with E-state index in [2.05, 4.69) is 5.10 Å². The second-order valence-electron chi connectivity index (χ2n) is 6.30. The Bertz CT molecular complexity index is 844. The maximum absolute atomic E-state index is 12.6. The molecule has 0 saturated heterocycles. The Labute approximate surface area is 149 Å². The molecule has 136 valence electrons. The molecular formula is C19H18F3N3O. The fourth-order valence-electron chi connectivity index (χ4n) is 2.89. The summed E-state index contributed by atoms with van der Waals surface area (Å²) in [5.41, 5.74) is 1.23. The molecule has 2 N–H and O–H groups in total. The third-order valence-electron chi connectivity index (χ3n) is 4.29. The first-order valence-electron chi connectivity index (χ1n) is 8.13. The molecule has 0 aromatic heterocycles. The van der Waals surface area contributed by atoms with Crippen LogP contribution in [0.15, 0.2) is 53.6 Å². The topological polar surface area (TPSA) is 59.7 Å². The summed E-state index contributed by atoms with van der Waals surface area (Å²) in [5.74, 6) is 0.354. The van der Waals surface area contributed by atoms with Crippen LogP contribution in [0.25, 0.3) is 0 Å². The van der Waals surface area contributed by atoms with Gasteiger partial charge in [-0.15, -0.1) is 0 Å². The minimum Gasteiger partial charge on any atom is -0.507 e. The van der Waals surface area contributed by atoms with Crippen molar-refractivity contribution in [2.24, 2.45) is 11.0 Å². The first-order valence-corrected chi connectivity index (χ1v) is 8.13. The lowest BCUT2D eigenvalue weighted by molar-refractivity contribution is -0.137. The highest BCUT2D eigenvalue weighted by Crippen LogP contribution is 2.29. The highest BCUT2D eigenvalue weighted by molar-refractivity contribution is 6.06. The maximum atomic E-state index is 12.6. The number of hydrazone groups is 1. The summed E-state index contributed by atoms with van der Waals surface area (Å²) in [6.45, 7) is 2.44. The van der Waals surface area contributed by atoms with E-state index in [1.165, 1.54) is 17.1 Å². The van der Waals surface area contributed by atoms with E-state index in [-0.39, 0.29) is 23.9 Å². The van der Waals surface area contributed by atoms with Crippen molar-refractivity contribution in [1.29, 1.82) is 5.41 Å². The van der Waals surface area contributed by atoms with Gasteiger partial charge in [-0.2, -0.15) is 18.3 Å². The highest BCUT2D eigenvalue weighted by atomic mass is 19.4. The third kappa shape index (κ3) is 3.71. The van der Waals surface area contributed by atoms with Crippen LogP contribution in [0.3, 0.4) is 0 Å². The van der Waals surface area contributed by atoms with Crippen molar-refractivity contribution < 1.29 is 18.3 Å². The van der Waals surface area contributed by atoms with Gasteiger partial charge in [0.15, 0.2) is 0 Å².